The number of aromatic nitrogens is 2. The van der Waals surface area contributed by atoms with Crippen molar-refractivity contribution in [2.45, 2.75) is 13.0 Å². The molecule has 0 unspecified atom stereocenters. The molecule has 2 aromatic heterocycles. The average molecular weight is 345 g/mol. The number of ether oxygens (including phenoxy) is 1. The fraction of sp³-hybridized carbons (Fsp3) is 0.133. The summed E-state index contributed by atoms with van der Waals surface area (Å²) < 4.78 is 10.8. The maximum Gasteiger partial charge on any atom is 0.338 e. The highest BCUT2D eigenvalue weighted by Crippen LogP contribution is 2.26. The zero-order chi connectivity index (χ0) is 17.1. The van der Waals surface area contributed by atoms with Crippen LogP contribution in [0.15, 0.2) is 46.2 Å². The van der Waals surface area contributed by atoms with E-state index < -0.39 is 17.0 Å². The van der Waals surface area contributed by atoms with Crippen LogP contribution in [0, 0.1) is 10.1 Å². The third-order valence-electron chi connectivity index (χ3n) is 3.12. The van der Waals surface area contributed by atoms with Gasteiger partial charge in [-0.15, -0.1) is 21.5 Å². The lowest BCUT2D eigenvalue weighted by Gasteiger charge is -2.09. The molecule has 0 bridgehead atoms. The molecule has 0 saturated heterocycles. The standard InChI is InChI=1S/C15H11N3O5S/c1-9(13-16-17-14(23-13)12-3-2-8-24-12)22-15(19)10-4-6-11(7-5-10)18(20)21/h2-9H,1H3/t9-/m1/s1. The van der Waals surface area contributed by atoms with Gasteiger partial charge in [0.2, 0.25) is 0 Å². The van der Waals surface area contributed by atoms with Crippen molar-refractivity contribution in [2.24, 2.45) is 0 Å². The quantitative estimate of drug-likeness (QED) is 0.394. The molecule has 1 aromatic carbocycles. The molecular formula is C15H11N3O5S. The number of hydrogen-bond acceptors (Lipinski definition) is 8. The van der Waals surface area contributed by atoms with E-state index >= 15 is 0 Å². The van der Waals surface area contributed by atoms with E-state index in [2.05, 4.69) is 10.2 Å². The van der Waals surface area contributed by atoms with Gasteiger partial charge in [0.05, 0.1) is 15.4 Å². The van der Waals surface area contributed by atoms with Crippen molar-refractivity contribution in [3.63, 3.8) is 0 Å². The zero-order valence-corrected chi connectivity index (χ0v) is 13.2. The molecule has 0 aliphatic carbocycles. The van der Waals surface area contributed by atoms with Crippen LogP contribution in [0.25, 0.3) is 10.8 Å². The van der Waals surface area contributed by atoms with Crippen LogP contribution in [0.1, 0.15) is 29.3 Å². The molecule has 0 saturated carbocycles. The highest BCUT2D eigenvalue weighted by atomic mass is 32.1. The molecule has 2 heterocycles. The minimum Gasteiger partial charge on any atom is -0.449 e. The van der Waals surface area contributed by atoms with E-state index in [0.717, 1.165) is 4.88 Å². The van der Waals surface area contributed by atoms with Gasteiger partial charge < -0.3 is 9.15 Å². The van der Waals surface area contributed by atoms with Crippen molar-refractivity contribution >= 4 is 23.0 Å². The fourth-order valence-corrected chi connectivity index (χ4v) is 2.54. The lowest BCUT2D eigenvalue weighted by Crippen LogP contribution is -2.09. The van der Waals surface area contributed by atoms with Gasteiger partial charge in [0.1, 0.15) is 0 Å². The highest BCUT2D eigenvalue weighted by Gasteiger charge is 2.20. The molecule has 0 fully saturated rings. The number of nitrogens with zero attached hydrogens (tertiary/aromatic N) is 3. The average Bonchev–Trinajstić information content (AvgIpc) is 3.26. The summed E-state index contributed by atoms with van der Waals surface area (Å²) in [5, 5.41) is 20.3. The van der Waals surface area contributed by atoms with Gasteiger partial charge >= 0.3 is 5.97 Å². The SMILES string of the molecule is C[C@@H](OC(=O)c1ccc([N+](=O)[O-])cc1)c1nnc(-c2cccs2)o1. The Balaban J connectivity index is 1.69. The first-order chi connectivity index (χ1) is 11.5. The maximum absolute atomic E-state index is 12.1. The first-order valence-corrected chi connectivity index (χ1v) is 7.75. The summed E-state index contributed by atoms with van der Waals surface area (Å²) in [7, 11) is 0. The number of non-ortho nitro benzene ring substituents is 1. The Morgan fingerprint density at radius 2 is 2.04 bits per heavy atom. The zero-order valence-electron chi connectivity index (χ0n) is 12.4. The van der Waals surface area contributed by atoms with Gasteiger partial charge in [0, 0.05) is 12.1 Å². The van der Waals surface area contributed by atoms with Gasteiger partial charge in [0.25, 0.3) is 17.5 Å². The van der Waals surface area contributed by atoms with Crippen LogP contribution >= 0.6 is 11.3 Å². The Morgan fingerprint density at radius 3 is 2.67 bits per heavy atom. The number of nitro benzene ring substituents is 1. The van der Waals surface area contributed by atoms with Gasteiger partial charge in [-0.25, -0.2) is 4.79 Å². The van der Waals surface area contributed by atoms with E-state index in [-0.39, 0.29) is 17.1 Å². The summed E-state index contributed by atoms with van der Waals surface area (Å²) in [6.07, 6.45) is -0.742. The number of rotatable bonds is 5. The van der Waals surface area contributed by atoms with Crippen molar-refractivity contribution < 1.29 is 18.9 Å². The molecule has 122 valence electrons. The molecular weight excluding hydrogens is 334 g/mol. The number of carbonyl (C=O) groups excluding carboxylic acids is 1. The third-order valence-corrected chi connectivity index (χ3v) is 3.98. The molecule has 24 heavy (non-hydrogen) atoms. The summed E-state index contributed by atoms with van der Waals surface area (Å²) in [5.41, 5.74) is 0.0996. The molecule has 9 heteroatoms. The van der Waals surface area contributed by atoms with Crippen LogP contribution < -0.4 is 0 Å². The molecule has 0 N–H and O–H groups in total. The summed E-state index contributed by atoms with van der Waals surface area (Å²) >= 11 is 1.46. The lowest BCUT2D eigenvalue weighted by molar-refractivity contribution is -0.384. The van der Waals surface area contributed by atoms with Crippen LogP contribution in [0.2, 0.25) is 0 Å². The number of benzene rings is 1. The van der Waals surface area contributed by atoms with Crippen LogP contribution in [-0.4, -0.2) is 21.1 Å². The number of thiophene rings is 1. The summed E-state index contributed by atoms with van der Waals surface area (Å²) in [4.78, 5) is 23.0. The molecule has 3 rings (SSSR count). The Bertz CT molecular complexity index is 858. The second kappa shape index (κ2) is 6.59. The van der Waals surface area contributed by atoms with E-state index in [0.29, 0.717) is 5.89 Å². The number of carbonyl (C=O) groups is 1. The molecule has 3 aromatic rings. The van der Waals surface area contributed by atoms with E-state index in [1.54, 1.807) is 6.92 Å². The Morgan fingerprint density at radius 1 is 1.29 bits per heavy atom. The summed E-state index contributed by atoms with van der Waals surface area (Å²) in [6, 6.07) is 8.85. The van der Waals surface area contributed by atoms with Gasteiger partial charge in [0.15, 0.2) is 6.10 Å². The highest BCUT2D eigenvalue weighted by molar-refractivity contribution is 7.13. The van der Waals surface area contributed by atoms with E-state index in [4.69, 9.17) is 9.15 Å². The van der Waals surface area contributed by atoms with Crippen molar-refractivity contribution in [1.29, 1.82) is 0 Å². The van der Waals surface area contributed by atoms with E-state index in [1.165, 1.54) is 35.6 Å². The molecule has 0 spiro atoms. The smallest absolute Gasteiger partial charge is 0.338 e. The fourth-order valence-electron chi connectivity index (χ4n) is 1.90. The third kappa shape index (κ3) is 3.30. The number of nitro groups is 1. The molecule has 0 aliphatic heterocycles. The lowest BCUT2D eigenvalue weighted by atomic mass is 10.2. The van der Waals surface area contributed by atoms with Crippen LogP contribution in [0.5, 0.6) is 0 Å². The monoisotopic (exact) mass is 345 g/mol. The van der Waals surface area contributed by atoms with Gasteiger partial charge in [-0.05, 0) is 30.5 Å². The van der Waals surface area contributed by atoms with E-state index in [9.17, 15) is 14.9 Å². The normalized spacial score (nSPS) is 11.9. The largest absolute Gasteiger partial charge is 0.449 e. The van der Waals surface area contributed by atoms with Crippen molar-refractivity contribution in [3.05, 3.63) is 63.3 Å². The van der Waals surface area contributed by atoms with E-state index in [1.807, 2.05) is 17.5 Å². The topological polar surface area (TPSA) is 108 Å². The molecule has 0 amide bonds. The van der Waals surface area contributed by atoms with Gasteiger partial charge in [-0.3, -0.25) is 10.1 Å². The van der Waals surface area contributed by atoms with Crippen LogP contribution in [-0.2, 0) is 4.74 Å². The van der Waals surface area contributed by atoms with Gasteiger partial charge in [-0.2, -0.15) is 0 Å². The number of hydrogen-bond donors (Lipinski definition) is 0. The minimum absolute atomic E-state index is 0.0999. The summed E-state index contributed by atoms with van der Waals surface area (Å²) in [5.74, 6) is -0.0971. The van der Waals surface area contributed by atoms with Gasteiger partial charge in [-0.1, -0.05) is 6.07 Å². The Labute approximate surface area is 139 Å². The maximum atomic E-state index is 12.1. The first kappa shape index (κ1) is 15.8. The van der Waals surface area contributed by atoms with Crippen LogP contribution in [0.4, 0.5) is 5.69 Å². The first-order valence-electron chi connectivity index (χ1n) is 6.87. The Kier molecular flexibility index (Phi) is 4.34. The minimum atomic E-state index is -0.742. The molecule has 1 atom stereocenters. The Hall–Kier alpha value is -3.07. The summed E-state index contributed by atoms with van der Waals surface area (Å²) in [6.45, 7) is 1.61. The predicted molar refractivity (Wildman–Crippen MR) is 84.5 cm³/mol. The second-order valence-electron chi connectivity index (χ2n) is 4.77. The van der Waals surface area contributed by atoms with Crippen molar-refractivity contribution in [1.82, 2.24) is 10.2 Å². The van der Waals surface area contributed by atoms with Crippen LogP contribution in [0.3, 0.4) is 0 Å². The predicted octanol–water partition coefficient (Wildman–Crippen LogP) is 3.62. The second-order valence-corrected chi connectivity index (χ2v) is 5.72. The van der Waals surface area contributed by atoms with Crippen molar-refractivity contribution in [2.75, 3.05) is 0 Å². The molecule has 8 nitrogen and oxygen atoms in total. The van der Waals surface area contributed by atoms with Crippen molar-refractivity contribution in [3.8, 4) is 10.8 Å². The molecule has 0 radical (unpaired) electrons. The number of esters is 1. The molecule has 0 aliphatic rings.